The number of aryl methyl sites for hydroxylation is 2. The zero-order chi connectivity index (χ0) is 14.3. The largest absolute Gasteiger partial charge is 0.286 e. The molecule has 0 saturated heterocycles. The maximum Gasteiger partial charge on any atom is 0.265 e. The van der Waals surface area contributed by atoms with Crippen LogP contribution in [0.25, 0.3) is 21.1 Å². The molecule has 0 atom stereocenters. The Hall–Kier alpha value is -1.57. The second-order valence-corrected chi connectivity index (χ2v) is 7.30. The third-order valence-corrected chi connectivity index (χ3v) is 4.73. The van der Waals surface area contributed by atoms with Crippen LogP contribution >= 0.6 is 11.3 Å². The monoisotopic (exact) mass is 308 g/mol. The first-order valence-corrected chi connectivity index (χ1v) is 8.46. The Balaban J connectivity index is 2.23. The highest BCUT2D eigenvalue weighted by Gasteiger charge is 2.14. The van der Waals surface area contributed by atoms with Crippen LogP contribution in [-0.4, -0.2) is 28.7 Å². The average molecular weight is 308 g/mol. The molecule has 0 radical (unpaired) electrons. The van der Waals surface area contributed by atoms with Gasteiger partial charge in [0.05, 0.1) is 26.7 Å². The predicted octanol–water partition coefficient (Wildman–Crippen LogP) is 2.58. The first kappa shape index (κ1) is 13.4. The molecular formula is C13H12N2O3S2. The van der Waals surface area contributed by atoms with Gasteiger partial charge in [0.1, 0.15) is 5.52 Å². The van der Waals surface area contributed by atoms with Crippen LogP contribution in [0, 0.1) is 6.92 Å². The van der Waals surface area contributed by atoms with E-state index in [4.69, 9.17) is 4.55 Å². The van der Waals surface area contributed by atoms with Crippen LogP contribution in [0.2, 0.25) is 0 Å². The highest BCUT2D eigenvalue weighted by atomic mass is 32.2. The molecule has 3 aromatic rings. The first-order chi connectivity index (χ1) is 9.44. The maximum atomic E-state index is 10.9. The average Bonchev–Trinajstić information content (AvgIpc) is 2.77. The third-order valence-electron chi connectivity index (χ3n) is 3.01. The van der Waals surface area contributed by atoms with Gasteiger partial charge >= 0.3 is 0 Å². The molecule has 0 aliphatic rings. The summed E-state index contributed by atoms with van der Waals surface area (Å²) in [4.78, 5) is 8.93. The van der Waals surface area contributed by atoms with E-state index >= 15 is 0 Å². The Bertz CT molecular complexity index is 901. The van der Waals surface area contributed by atoms with Gasteiger partial charge in [0.15, 0.2) is 0 Å². The number of thiazole rings is 1. The Morgan fingerprint density at radius 1 is 1.25 bits per heavy atom. The lowest BCUT2D eigenvalue weighted by Crippen LogP contribution is -2.08. The molecule has 2 aromatic heterocycles. The van der Waals surface area contributed by atoms with Crippen molar-refractivity contribution in [2.24, 2.45) is 0 Å². The Kier molecular flexibility index (Phi) is 3.19. The minimum Gasteiger partial charge on any atom is -0.286 e. The molecular weight excluding hydrogens is 296 g/mol. The number of pyridine rings is 1. The van der Waals surface area contributed by atoms with Gasteiger partial charge in [-0.3, -0.25) is 9.54 Å². The van der Waals surface area contributed by atoms with Gasteiger partial charge in [-0.15, -0.1) is 11.3 Å². The van der Waals surface area contributed by atoms with Crippen LogP contribution in [-0.2, 0) is 16.5 Å². The molecule has 0 saturated carbocycles. The minimum absolute atomic E-state index is 0.156. The van der Waals surface area contributed by atoms with E-state index in [1.54, 1.807) is 11.3 Å². The summed E-state index contributed by atoms with van der Waals surface area (Å²) < 4.78 is 31.7. The third kappa shape index (κ3) is 2.52. The fourth-order valence-electron chi connectivity index (χ4n) is 2.17. The van der Waals surface area contributed by atoms with Crippen LogP contribution < -0.4 is 0 Å². The molecule has 104 valence electrons. The number of nitrogens with zero attached hydrogens (tertiary/aromatic N) is 2. The van der Waals surface area contributed by atoms with Crippen LogP contribution in [0.3, 0.4) is 0 Å². The van der Waals surface area contributed by atoms with Gasteiger partial charge in [0.2, 0.25) is 0 Å². The van der Waals surface area contributed by atoms with Crippen molar-refractivity contribution < 1.29 is 13.0 Å². The number of rotatable bonds is 3. The first-order valence-electron chi connectivity index (χ1n) is 6.04. The number of aromatic nitrogens is 2. The van der Waals surface area contributed by atoms with E-state index in [-0.39, 0.29) is 12.2 Å². The summed E-state index contributed by atoms with van der Waals surface area (Å²) in [5.41, 5.74) is 2.16. The van der Waals surface area contributed by atoms with Crippen molar-refractivity contribution >= 4 is 42.6 Å². The van der Waals surface area contributed by atoms with E-state index in [1.807, 2.05) is 31.2 Å². The van der Waals surface area contributed by atoms with Gasteiger partial charge in [0, 0.05) is 11.8 Å². The SMILES string of the molecule is Cc1nc2c(CCS(=O)(=O)O)nc3ccccc3c2s1. The number of para-hydroxylation sites is 1. The molecule has 0 amide bonds. The highest BCUT2D eigenvalue weighted by molar-refractivity contribution is 7.85. The van der Waals surface area contributed by atoms with E-state index in [1.165, 1.54) is 0 Å². The number of benzene rings is 1. The van der Waals surface area contributed by atoms with Gasteiger partial charge in [-0.1, -0.05) is 18.2 Å². The molecule has 3 rings (SSSR count). The molecule has 20 heavy (non-hydrogen) atoms. The fraction of sp³-hybridized carbons (Fsp3) is 0.231. The van der Waals surface area contributed by atoms with E-state index < -0.39 is 10.1 Å². The summed E-state index contributed by atoms with van der Waals surface area (Å²) in [5, 5.41) is 1.93. The molecule has 1 aromatic carbocycles. The van der Waals surface area contributed by atoms with Gasteiger partial charge < -0.3 is 0 Å². The highest BCUT2D eigenvalue weighted by Crippen LogP contribution is 2.31. The van der Waals surface area contributed by atoms with Crippen LogP contribution in [0.4, 0.5) is 0 Å². The predicted molar refractivity (Wildman–Crippen MR) is 79.8 cm³/mol. The van der Waals surface area contributed by atoms with Crippen molar-refractivity contribution in [3.63, 3.8) is 0 Å². The second-order valence-electron chi connectivity index (χ2n) is 4.52. The van der Waals surface area contributed by atoms with Crippen molar-refractivity contribution in [3.05, 3.63) is 35.0 Å². The number of hydrogen-bond acceptors (Lipinski definition) is 5. The smallest absolute Gasteiger partial charge is 0.265 e. The summed E-state index contributed by atoms with van der Waals surface area (Å²) in [5.74, 6) is -0.343. The zero-order valence-corrected chi connectivity index (χ0v) is 12.3. The summed E-state index contributed by atoms with van der Waals surface area (Å²) in [6.45, 7) is 1.91. The van der Waals surface area contributed by atoms with E-state index in [0.29, 0.717) is 5.69 Å². The van der Waals surface area contributed by atoms with Gasteiger partial charge in [-0.2, -0.15) is 8.42 Å². The number of fused-ring (bicyclic) bond motifs is 3. The Morgan fingerprint density at radius 2 is 2.00 bits per heavy atom. The molecule has 5 nitrogen and oxygen atoms in total. The van der Waals surface area contributed by atoms with Crippen LogP contribution in [0.1, 0.15) is 10.7 Å². The van der Waals surface area contributed by atoms with E-state index in [0.717, 1.165) is 26.1 Å². The van der Waals surface area contributed by atoms with Crippen molar-refractivity contribution in [1.82, 2.24) is 9.97 Å². The maximum absolute atomic E-state index is 10.9. The summed E-state index contributed by atoms with van der Waals surface area (Å²) in [6, 6.07) is 7.70. The van der Waals surface area contributed by atoms with Gasteiger partial charge in [-0.05, 0) is 13.0 Å². The van der Waals surface area contributed by atoms with Gasteiger partial charge in [0.25, 0.3) is 10.1 Å². The van der Waals surface area contributed by atoms with Crippen LogP contribution in [0.5, 0.6) is 0 Å². The topological polar surface area (TPSA) is 80.2 Å². The fourth-order valence-corrected chi connectivity index (χ4v) is 3.59. The number of hydrogen-bond donors (Lipinski definition) is 1. The molecule has 1 N–H and O–H groups in total. The lowest BCUT2D eigenvalue weighted by Gasteiger charge is -2.04. The van der Waals surface area contributed by atoms with E-state index in [9.17, 15) is 8.42 Å². The summed E-state index contributed by atoms with van der Waals surface area (Å²) >= 11 is 1.57. The summed E-state index contributed by atoms with van der Waals surface area (Å²) in [6.07, 6.45) is 0.156. The molecule has 0 unspecified atom stereocenters. The molecule has 0 fully saturated rings. The molecule has 0 bridgehead atoms. The molecule has 2 heterocycles. The molecule has 0 spiro atoms. The standard InChI is InChI=1S/C13H12N2O3S2/c1-8-14-12-11(6-7-20(16,17)18)15-10-5-3-2-4-9(10)13(12)19-8/h2-5H,6-7H2,1H3,(H,16,17,18). The second kappa shape index (κ2) is 4.76. The van der Waals surface area contributed by atoms with Crippen LogP contribution in [0.15, 0.2) is 24.3 Å². The lowest BCUT2D eigenvalue weighted by atomic mass is 10.1. The lowest BCUT2D eigenvalue weighted by molar-refractivity contribution is 0.482. The minimum atomic E-state index is -4.00. The zero-order valence-electron chi connectivity index (χ0n) is 10.7. The molecule has 7 heteroatoms. The summed E-state index contributed by atoms with van der Waals surface area (Å²) in [7, 11) is -4.00. The Labute approximate surface area is 120 Å². The molecule has 0 aliphatic carbocycles. The van der Waals surface area contributed by atoms with Crippen molar-refractivity contribution in [2.45, 2.75) is 13.3 Å². The van der Waals surface area contributed by atoms with Crippen molar-refractivity contribution in [2.75, 3.05) is 5.75 Å². The van der Waals surface area contributed by atoms with Gasteiger partial charge in [-0.25, -0.2) is 4.98 Å². The van der Waals surface area contributed by atoms with E-state index in [2.05, 4.69) is 9.97 Å². The quantitative estimate of drug-likeness (QED) is 0.752. The normalized spacial score (nSPS) is 12.3. The Morgan fingerprint density at radius 3 is 2.75 bits per heavy atom. The molecule has 0 aliphatic heterocycles. The van der Waals surface area contributed by atoms with Crippen molar-refractivity contribution in [1.29, 1.82) is 0 Å². The van der Waals surface area contributed by atoms with Crippen molar-refractivity contribution in [3.8, 4) is 0 Å².